The second kappa shape index (κ2) is 5.38. The number of aromatic nitrogens is 1. The molecule has 3 atom stereocenters. The van der Waals surface area contributed by atoms with E-state index in [0.29, 0.717) is 12.0 Å². The summed E-state index contributed by atoms with van der Waals surface area (Å²) >= 11 is 0. The van der Waals surface area contributed by atoms with E-state index >= 15 is 0 Å². The first-order valence-electron chi connectivity index (χ1n) is 8.77. The van der Waals surface area contributed by atoms with Crippen LogP contribution in [0.2, 0.25) is 0 Å². The fourth-order valence-corrected chi connectivity index (χ4v) is 4.65. The summed E-state index contributed by atoms with van der Waals surface area (Å²) in [5.41, 5.74) is 9.44. The Bertz CT molecular complexity index is 750. The lowest BCUT2D eigenvalue weighted by Crippen LogP contribution is -2.56. The normalized spacial score (nSPS) is 29.4. The van der Waals surface area contributed by atoms with Gasteiger partial charge in [-0.25, -0.2) is 0 Å². The van der Waals surface area contributed by atoms with Gasteiger partial charge in [-0.05, 0) is 36.5 Å². The number of hydrogen-bond acceptors (Lipinski definition) is 2. The minimum absolute atomic E-state index is 0.135. The van der Waals surface area contributed by atoms with Crippen LogP contribution in [0.1, 0.15) is 49.7 Å². The third kappa shape index (κ3) is 2.19. The molecular formula is C19H25N3O. The molecule has 0 spiro atoms. The monoisotopic (exact) mass is 311 g/mol. The maximum atomic E-state index is 12.3. The number of primary amides is 1. The van der Waals surface area contributed by atoms with E-state index in [9.17, 15) is 4.79 Å². The standard InChI is InChI=1S/C19H25N3O/c1-2-3-7-19(18(20)23)9-14-13-5-4-6-15-17(13)12(10-21-15)8-16(14)22-11-19/h4-6,10,14,16,21-22H,2-3,7-9,11H2,1H3,(H2,20,23)/t14-,16-,19?/m1/s1. The molecule has 0 radical (unpaired) electrons. The highest BCUT2D eigenvalue weighted by Gasteiger charge is 2.46. The summed E-state index contributed by atoms with van der Waals surface area (Å²) in [6.45, 7) is 2.89. The zero-order chi connectivity index (χ0) is 16.0. The van der Waals surface area contributed by atoms with Crippen LogP contribution in [0, 0.1) is 5.41 Å². The lowest BCUT2D eigenvalue weighted by Gasteiger charge is -2.46. The number of rotatable bonds is 4. The van der Waals surface area contributed by atoms with Gasteiger partial charge in [0.15, 0.2) is 0 Å². The number of carbonyl (C=O) groups excluding carboxylic acids is 1. The highest BCUT2D eigenvalue weighted by atomic mass is 16.1. The van der Waals surface area contributed by atoms with E-state index in [-0.39, 0.29) is 5.91 Å². The van der Waals surface area contributed by atoms with Gasteiger partial charge in [0.25, 0.3) is 0 Å². The SMILES string of the molecule is CCCCC1(C(N)=O)CN[C@@H]2Cc3c[nH]c4cccc(c34)[C@H]2C1. The number of amides is 1. The van der Waals surface area contributed by atoms with E-state index in [2.05, 4.69) is 41.6 Å². The van der Waals surface area contributed by atoms with Crippen molar-refractivity contribution in [3.8, 4) is 0 Å². The molecule has 1 saturated heterocycles. The van der Waals surface area contributed by atoms with Crippen LogP contribution in [-0.4, -0.2) is 23.5 Å². The predicted octanol–water partition coefficient (Wildman–Crippen LogP) is 2.83. The van der Waals surface area contributed by atoms with E-state index in [1.807, 2.05) is 0 Å². The van der Waals surface area contributed by atoms with Crippen LogP contribution < -0.4 is 11.1 Å². The molecule has 4 heteroatoms. The number of piperidine rings is 1. The van der Waals surface area contributed by atoms with Crippen molar-refractivity contribution in [1.82, 2.24) is 10.3 Å². The van der Waals surface area contributed by atoms with Crippen molar-refractivity contribution in [2.45, 2.75) is 51.0 Å². The van der Waals surface area contributed by atoms with Gasteiger partial charge >= 0.3 is 0 Å². The number of benzene rings is 1. The van der Waals surface area contributed by atoms with Crippen LogP contribution in [0.4, 0.5) is 0 Å². The minimum Gasteiger partial charge on any atom is -0.369 e. The zero-order valence-corrected chi connectivity index (χ0v) is 13.7. The van der Waals surface area contributed by atoms with Gasteiger partial charge in [-0.1, -0.05) is 31.9 Å². The van der Waals surface area contributed by atoms with Gasteiger partial charge in [-0.2, -0.15) is 0 Å². The van der Waals surface area contributed by atoms with E-state index < -0.39 is 5.41 Å². The summed E-state index contributed by atoms with van der Waals surface area (Å²) in [4.78, 5) is 15.7. The molecule has 2 heterocycles. The quantitative estimate of drug-likeness (QED) is 0.812. The lowest BCUT2D eigenvalue weighted by molar-refractivity contribution is -0.130. The number of H-pyrrole nitrogens is 1. The molecule has 1 fully saturated rings. The summed E-state index contributed by atoms with van der Waals surface area (Å²) in [5.74, 6) is 0.240. The molecule has 1 amide bonds. The average Bonchev–Trinajstić information content (AvgIpc) is 2.98. The molecule has 1 aliphatic heterocycles. The molecule has 1 aliphatic carbocycles. The Morgan fingerprint density at radius 2 is 2.30 bits per heavy atom. The Morgan fingerprint density at radius 1 is 1.43 bits per heavy atom. The number of unbranched alkanes of at least 4 members (excludes halogenated alkanes) is 1. The summed E-state index contributed by atoms with van der Waals surface area (Å²) in [5, 5.41) is 5.03. The lowest BCUT2D eigenvalue weighted by atomic mass is 9.65. The fraction of sp³-hybridized carbons (Fsp3) is 0.526. The molecule has 4 nitrogen and oxygen atoms in total. The van der Waals surface area contributed by atoms with Gasteiger partial charge < -0.3 is 16.0 Å². The molecule has 122 valence electrons. The van der Waals surface area contributed by atoms with Crippen molar-refractivity contribution >= 4 is 16.8 Å². The van der Waals surface area contributed by atoms with Crippen LogP contribution in [-0.2, 0) is 11.2 Å². The first-order valence-corrected chi connectivity index (χ1v) is 8.77. The van der Waals surface area contributed by atoms with Gasteiger partial charge in [0.05, 0.1) is 5.41 Å². The van der Waals surface area contributed by atoms with E-state index in [4.69, 9.17) is 5.73 Å². The molecule has 4 rings (SSSR count). The Hall–Kier alpha value is -1.81. The number of aromatic amines is 1. The second-order valence-electron chi connectivity index (χ2n) is 7.33. The third-order valence-electron chi connectivity index (χ3n) is 5.99. The smallest absolute Gasteiger partial charge is 0.224 e. The number of carbonyl (C=O) groups is 1. The molecule has 23 heavy (non-hydrogen) atoms. The Kier molecular flexibility index (Phi) is 3.45. The van der Waals surface area contributed by atoms with Gasteiger partial charge in [0.1, 0.15) is 0 Å². The fourth-order valence-electron chi connectivity index (χ4n) is 4.65. The van der Waals surface area contributed by atoms with Crippen LogP contribution in [0.25, 0.3) is 10.9 Å². The highest BCUT2D eigenvalue weighted by molar-refractivity contribution is 5.89. The molecule has 1 unspecified atom stereocenters. The highest BCUT2D eigenvalue weighted by Crippen LogP contribution is 2.46. The Morgan fingerprint density at radius 3 is 3.09 bits per heavy atom. The number of fused-ring (bicyclic) bond motifs is 2. The molecule has 4 N–H and O–H groups in total. The van der Waals surface area contributed by atoms with E-state index in [1.165, 1.54) is 22.0 Å². The van der Waals surface area contributed by atoms with Crippen LogP contribution in [0.15, 0.2) is 24.4 Å². The van der Waals surface area contributed by atoms with Crippen LogP contribution in [0.5, 0.6) is 0 Å². The third-order valence-corrected chi connectivity index (χ3v) is 5.99. The van der Waals surface area contributed by atoms with Crippen molar-refractivity contribution < 1.29 is 4.79 Å². The first-order chi connectivity index (χ1) is 11.1. The van der Waals surface area contributed by atoms with Crippen molar-refractivity contribution in [3.63, 3.8) is 0 Å². The van der Waals surface area contributed by atoms with Crippen molar-refractivity contribution in [2.75, 3.05) is 6.54 Å². The van der Waals surface area contributed by atoms with E-state index in [0.717, 1.165) is 38.6 Å². The molecular weight excluding hydrogens is 286 g/mol. The summed E-state index contributed by atoms with van der Waals surface area (Å²) in [6, 6.07) is 6.90. The van der Waals surface area contributed by atoms with Crippen LogP contribution >= 0.6 is 0 Å². The van der Waals surface area contributed by atoms with Crippen LogP contribution in [0.3, 0.4) is 0 Å². The first kappa shape index (κ1) is 14.8. The van der Waals surface area contributed by atoms with Crippen molar-refractivity contribution in [1.29, 1.82) is 0 Å². The molecule has 1 aromatic carbocycles. The summed E-state index contributed by atoms with van der Waals surface area (Å²) in [6.07, 6.45) is 7.10. The molecule has 1 aromatic heterocycles. The molecule has 2 aromatic rings. The minimum atomic E-state index is -0.396. The van der Waals surface area contributed by atoms with E-state index in [1.54, 1.807) is 0 Å². The Balaban J connectivity index is 1.75. The van der Waals surface area contributed by atoms with Crippen molar-refractivity contribution in [2.24, 2.45) is 11.1 Å². The largest absolute Gasteiger partial charge is 0.369 e. The molecule has 0 saturated carbocycles. The van der Waals surface area contributed by atoms with Gasteiger partial charge in [0, 0.05) is 35.6 Å². The second-order valence-corrected chi connectivity index (χ2v) is 7.33. The molecule has 0 bridgehead atoms. The average molecular weight is 311 g/mol. The maximum absolute atomic E-state index is 12.3. The summed E-state index contributed by atoms with van der Waals surface area (Å²) in [7, 11) is 0. The van der Waals surface area contributed by atoms with Gasteiger partial charge in [-0.3, -0.25) is 4.79 Å². The van der Waals surface area contributed by atoms with Gasteiger partial charge in [0.2, 0.25) is 5.91 Å². The number of hydrogen-bond donors (Lipinski definition) is 3. The molecule has 2 aliphatic rings. The van der Waals surface area contributed by atoms with Gasteiger partial charge in [-0.15, -0.1) is 0 Å². The topological polar surface area (TPSA) is 70.9 Å². The summed E-state index contributed by atoms with van der Waals surface area (Å²) < 4.78 is 0. The number of nitrogens with two attached hydrogens (primary N) is 1. The zero-order valence-electron chi connectivity index (χ0n) is 13.7. The predicted molar refractivity (Wildman–Crippen MR) is 92.3 cm³/mol. The maximum Gasteiger partial charge on any atom is 0.224 e. The Labute approximate surface area is 136 Å². The number of nitrogens with one attached hydrogen (secondary N) is 2. The van der Waals surface area contributed by atoms with Crippen molar-refractivity contribution in [3.05, 3.63) is 35.5 Å².